The molecule has 2 aromatic carbocycles. The van der Waals surface area contributed by atoms with E-state index in [9.17, 15) is 13.2 Å². The summed E-state index contributed by atoms with van der Waals surface area (Å²) in [7, 11) is -3.75. The monoisotopic (exact) mass is 455 g/mol. The number of nitrogens with zero attached hydrogens (tertiary/aromatic N) is 1. The molecule has 1 aliphatic heterocycles. The Kier molecular flexibility index (Phi) is 6.40. The first-order chi connectivity index (χ1) is 15.3. The lowest BCUT2D eigenvalue weighted by Gasteiger charge is -2.30. The second-order valence-electron chi connectivity index (χ2n) is 8.33. The standard InChI is InChI=1S/C25H29NO5S/c1-4-30-25(27)24-18(3)21-16-20(12-13-23(21)31-24)32(28,29)26-14-7-5-6-11-22(26)19-10-8-9-17(2)15-19/h8-10,12-13,15-16,22H,4-7,11,14H2,1-3H3. The molecule has 0 radical (unpaired) electrons. The van der Waals surface area contributed by atoms with E-state index >= 15 is 0 Å². The van der Waals surface area contributed by atoms with Gasteiger partial charge in [-0.05, 0) is 57.4 Å². The Hall–Kier alpha value is -2.64. The van der Waals surface area contributed by atoms with Gasteiger partial charge in [0.25, 0.3) is 0 Å². The molecule has 1 saturated heterocycles. The average Bonchev–Trinajstić information content (AvgIpc) is 2.94. The molecule has 1 aliphatic rings. The van der Waals surface area contributed by atoms with Gasteiger partial charge in [-0.15, -0.1) is 0 Å². The van der Waals surface area contributed by atoms with E-state index in [1.807, 2.05) is 25.1 Å². The van der Waals surface area contributed by atoms with Crippen LogP contribution in [0.4, 0.5) is 0 Å². The molecule has 1 atom stereocenters. The van der Waals surface area contributed by atoms with Gasteiger partial charge in [0.1, 0.15) is 5.58 Å². The van der Waals surface area contributed by atoms with E-state index in [-0.39, 0.29) is 23.3 Å². The number of benzene rings is 2. The number of hydrogen-bond acceptors (Lipinski definition) is 5. The van der Waals surface area contributed by atoms with Crippen molar-refractivity contribution in [3.63, 3.8) is 0 Å². The van der Waals surface area contributed by atoms with Gasteiger partial charge < -0.3 is 9.15 Å². The van der Waals surface area contributed by atoms with E-state index in [1.165, 1.54) is 0 Å². The van der Waals surface area contributed by atoms with Crippen LogP contribution in [0.1, 0.15) is 65.9 Å². The Morgan fingerprint density at radius 1 is 1.12 bits per heavy atom. The summed E-state index contributed by atoms with van der Waals surface area (Å²) in [5.41, 5.74) is 3.20. The maximum atomic E-state index is 13.8. The first-order valence-corrected chi connectivity index (χ1v) is 12.6. The van der Waals surface area contributed by atoms with E-state index in [0.29, 0.717) is 23.1 Å². The third-order valence-electron chi connectivity index (χ3n) is 6.11. The largest absolute Gasteiger partial charge is 0.460 e. The van der Waals surface area contributed by atoms with Crippen LogP contribution in [0.25, 0.3) is 11.0 Å². The van der Waals surface area contributed by atoms with Crippen molar-refractivity contribution in [3.8, 4) is 0 Å². The number of rotatable bonds is 5. The van der Waals surface area contributed by atoms with E-state index in [4.69, 9.17) is 9.15 Å². The smallest absolute Gasteiger partial charge is 0.374 e. The maximum absolute atomic E-state index is 13.8. The van der Waals surface area contributed by atoms with Crippen LogP contribution in [0.5, 0.6) is 0 Å². The van der Waals surface area contributed by atoms with Gasteiger partial charge in [0.2, 0.25) is 15.8 Å². The quantitative estimate of drug-likeness (QED) is 0.473. The van der Waals surface area contributed by atoms with Gasteiger partial charge in [-0.25, -0.2) is 13.2 Å². The molecule has 0 saturated carbocycles. The normalized spacial score (nSPS) is 17.9. The van der Waals surface area contributed by atoms with Gasteiger partial charge in [-0.1, -0.05) is 42.7 Å². The van der Waals surface area contributed by atoms with Crippen LogP contribution in [0.15, 0.2) is 51.8 Å². The van der Waals surface area contributed by atoms with Gasteiger partial charge in [0, 0.05) is 17.5 Å². The van der Waals surface area contributed by atoms with Crippen molar-refractivity contribution in [1.82, 2.24) is 4.31 Å². The third kappa shape index (κ3) is 4.19. The molecular weight excluding hydrogens is 426 g/mol. The van der Waals surface area contributed by atoms with Crippen molar-refractivity contribution in [2.45, 2.75) is 57.4 Å². The van der Waals surface area contributed by atoms with Crippen molar-refractivity contribution >= 4 is 27.0 Å². The van der Waals surface area contributed by atoms with Crippen LogP contribution < -0.4 is 0 Å². The first kappa shape index (κ1) is 22.6. The molecule has 0 spiro atoms. The highest BCUT2D eigenvalue weighted by Crippen LogP contribution is 2.36. The van der Waals surface area contributed by atoms with Crippen LogP contribution >= 0.6 is 0 Å². The van der Waals surface area contributed by atoms with E-state index in [1.54, 1.807) is 36.4 Å². The van der Waals surface area contributed by atoms with Crippen molar-refractivity contribution in [1.29, 1.82) is 0 Å². The fraction of sp³-hybridized carbons (Fsp3) is 0.400. The number of esters is 1. The van der Waals surface area contributed by atoms with Crippen molar-refractivity contribution in [3.05, 3.63) is 64.9 Å². The summed E-state index contributed by atoms with van der Waals surface area (Å²) in [5, 5.41) is 0.607. The zero-order valence-corrected chi connectivity index (χ0v) is 19.6. The number of aryl methyl sites for hydroxylation is 2. The number of fused-ring (bicyclic) bond motifs is 1. The van der Waals surface area contributed by atoms with Gasteiger partial charge in [-0.3, -0.25) is 0 Å². The molecule has 170 valence electrons. The van der Waals surface area contributed by atoms with E-state index in [0.717, 1.165) is 36.8 Å². The lowest BCUT2D eigenvalue weighted by Crippen LogP contribution is -2.34. The fourth-order valence-corrected chi connectivity index (χ4v) is 6.18. The van der Waals surface area contributed by atoms with Gasteiger partial charge in [0.05, 0.1) is 17.5 Å². The molecule has 1 aromatic heterocycles. The molecule has 1 unspecified atom stereocenters. The molecule has 3 aromatic rings. The molecule has 1 fully saturated rings. The maximum Gasteiger partial charge on any atom is 0.374 e. The Morgan fingerprint density at radius 2 is 1.94 bits per heavy atom. The van der Waals surface area contributed by atoms with Gasteiger partial charge >= 0.3 is 5.97 Å². The van der Waals surface area contributed by atoms with Crippen LogP contribution in [-0.4, -0.2) is 31.8 Å². The lowest BCUT2D eigenvalue weighted by molar-refractivity contribution is 0.0491. The summed E-state index contributed by atoms with van der Waals surface area (Å²) in [6.45, 7) is 6.22. The number of carbonyl (C=O) groups excluding carboxylic acids is 1. The molecule has 32 heavy (non-hydrogen) atoms. The molecule has 4 rings (SSSR count). The SMILES string of the molecule is CCOC(=O)c1oc2ccc(S(=O)(=O)N3CCCCCC3c3cccc(C)c3)cc2c1C. The Bertz CT molecular complexity index is 1240. The molecule has 7 heteroatoms. The highest BCUT2D eigenvalue weighted by Gasteiger charge is 2.34. The number of sulfonamides is 1. The second-order valence-corrected chi connectivity index (χ2v) is 10.2. The zero-order valence-electron chi connectivity index (χ0n) is 18.8. The Labute approximate surface area is 189 Å². The van der Waals surface area contributed by atoms with Crippen molar-refractivity contribution in [2.75, 3.05) is 13.2 Å². The molecule has 0 N–H and O–H groups in total. The van der Waals surface area contributed by atoms with Crippen LogP contribution in [0.2, 0.25) is 0 Å². The average molecular weight is 456 g/mol. The molecule has 0 aliphatic carbocycles. The molecule has 0 amide bonds. The van der Waals surface area contributed by atoms with Crippen molar-refractivity contribution < 1.29 is 22.4 Å². The van der Waals surface area contributed by atoms with Gasteiger partial charge in [0.15, 0.2) is 0 Å². The minimum atomic E-state index is -3.75. The molecule has 0 bridgehead atoms. The summed E-state index contributed by atoms with van der Waals surface area (Å²) >= 11 is 0. The fourth-order valence-electron chi connectivity index (χ4n) is 4.47. The van der Waals surface area contributed by atoms with Crippen molar-refractivity contribution in [2.24, 2.45) is 0 Å². The van der Waals surface area contributed by atoms with Gasteiger partial charge in [-0.2, -0.15) is 4.31 Å². The summed E-state index contributed by atoms with van der Waals surface area (Å²) < 4.78 is 40.0. The van der Waals surface area contributed by atoms with Crippen LogP contribution in [0.3, 0.4) is 0 Å². The predicted molar refractivity (Wildman–Crippen MR) is 123 cm³/mol. The molecule has 6 nitrogen and oxygen atoms in total. The topological polar surface area (TPSA) is 76.8 Å². The number of ether oxygens (including phenoxy) is 1. The number of hydrogen-bond donors (Lipinski definition) is 0. The summed E-state index contributed by atoms with van der Waals surface area (Å²) in [6.07, 6.45) is 3.63. The Balaban J connectivity index is 1.76. The predicted octanol–water partition coefficient (Wildman–Crippen LogP) is 5.53. The number of furan rings is 1. The van der Waals surface area contributed by atoms with Crippen LogP contribution in [-0.2, 0) is 14.8 Å². The minimum Gasteiger partial charge on any atom is -0.460 e. The zero-order chi connectivity index (χ0) is 22.9. The molecule has 2 heterocycles. The Morgan fingerprint density at radius 3 is 2.69 bits per heavy atom. The second kappa shape index (κ2) is 9.08. The summed E-state index contributed by atoms with van der Waals surface area (Å²) in [4.78, 5) is 12.4. The number of carbonyl (C=O) groups is 1. The van der Waals surface area contributed by atoms with E-state index in [2.05, 4.69) is 6.07 Å². The molecular formula is C25H29NO5S. The van der Waals surface area contributed by atoms with E-state index < -0.39 is 16.0 Å². The third-order valence-corrected chi connectivity index (χ3v) is 8.01. The first-order valence-electron chi connectivity index (χ1n) is 11.1. The van der Waals surface area contributed by atoms with Crippen LogP contribution in [0, 0.1) is 13.8 Å². The minimum absolute atomic E-state index is 0.115. The lowest BCUT2D eigenvalue weighted by atomic mass is 10.0. The summed E-state index contributed by atoms with van der Waals surface area (Å²) in [5.74, 6) is -0.429. The summed E-state index contributed by atoms with van der Waals surface area (Å²) in [6, 6.07) is 12.7. The highest BCUT2D eigenvalue weighted by molar-refractivity contribution is 7.89. The highest BCUT2D eigenvalue weighted by atomic mass is 32.2.